The minimum Gasteiger partial charge on any atom is -0.495 e. The Balaban J connectivity index is 2.15. The number of anilines is 1. The monoisotopic (exact) mass is 593 g/mol. The second kappa shape index (κ2) is 13.4. The predicted octanol–water partition coefficient (Wildman–Crippen LogP) is 5.54. The zero-order valence-corrected chi connectivity index (χ0v) is 26.7. The molecule has 1 N–H and O–H groups in total. The highest BCUT2D eigenvalue weighted by atomic mass is 32.2. The van der Waals surface area contributed by atoms with E-state index in [2.05, 4.69) is 5.32 Å². The van der Waals surface area contributed by atoms with Crippen LogP contribution < -0.4 is 14.4 Å². The van der Waals surface area contributed by atoms with Gasteiger partial charge in [-0.25, -0.2) is 8.42 Å². The maximum atomic E-state index is 14.3. The fourth-order valence-electron chi connectivity index (χ4n) is 4.69. The van der Waals surface area contributed by atoms with Crippen molar-refractivity contribution >= 4 is 27.5 Å². The van der Waals surface area contributed by atoms with Gasteiger partial charge >= 0.3 is 0 Å². The first-order valence-electron chi connectivity index (χ1n) is 14.1. The Hall–Kier alpha value is -3.85. The average molecular weight is 594 g/mol. The van der Waals surface area contributed by atoms with E-state index < -0.39 is 34.1 Å². The van der Waals surface area contributed by atoms with Gasteiger partial charge in [0.05, 0.1) is 17.7 Å². The molecule has 0 aliphatic heterocycles. The Morgan fingerprint density at radius 3 is 2.12 bits per heavy atom. The molecule has 0 radical (unpaired) electrons. The summed E-state index contributed by atoms with van der Waals surface area (Å²) in [5.41, 5.74) is 3.27. The number of aryl methyl sites for hydroxylation is 3. The van der Waals surface area contributed by atoms with Crippen LogP contribution in [0.2, 0.25) is 0 Å². The fraction of sp³-hybridized carbons (Fsp3) is 0.394. The average Bonchev–Trinajstić information content (AvgIpc) is 2.91. The van der Waals surface area contributed by atoms with Gasteiger partial charge in [-0.05, 0) is 88.9 Å². The number of nitrogens with zero attached hydrogens (tertiary/aromatic N) is 2. The normalized spacial score (nSPS) is 12.4. The highest BCUT2D eigenvalue weighted by Gasteiger charge is 2.35. The number of hydrogen-bond acceptors (Lipinski definition) is 5. The molecule has 0 fully saturated rings. The molecule has 0 bridgehead atoms. The molecule has 0 aliphatic rings. The molecule has 0 aromatic heterocycles. The van der Waals surface area contributed by atoms with Crippen LogP contribution in [-0.2, 0) is 26.2 Å². The lowest BCUT2D eigenvalue weighted by Crippen LogP contribution is -2.55. The Labute approximate surface area is 250 Å². The number of benzene rings is 3. The first-order chi connectivity index (χ1) is 19.7. The van der Waals surface area contributed by atoms with Crippen LogP contribution in [0.3, 0.4) is 0 Å². The van der Waals surface area contributed by atoms with Gasteiger partial charge < -0.3 is 15.0 Å². The van der Waals surface area contributed by atoms with Crippen LogP contribution in [0.4, 0.5) is 5.69 Å². The number of amides is 2. The maximum absolute atomic E-state index is 14.3. The fourth-order valence-corrected chi connectivity index (χ4v) is 6.11. The van der Waals surface area contributed by atoms with Crippen LogP contribution in [-0.4, -0.2) is 50.4 Å². The molecule has 0 unspecified atom stereocenters. The number of nitrogens with one attached hydrogen (secondary N) is 1. The molecule has 2 amide bonds. The Bertz CT molecular complexity index is 1510. The van der Waals surface area contributed by atoms with E-state index in [1.165, 1.54) is 24.1 Å². The third-order valence-electron chi connectivity index (χ3n) is 6.98. The Kier molecular flexibility index (Phi) is 10.4. The summed E-state index contributed by atoms with van der Waals surface area (Å²) in [6.45, 7) is 12.8. The number of carbonyl (C=O) groups excluding carboxylic acids is 2. The Morgan fingerprint density at radius 1 is 0.929 bits per heavy atom. The van der Waals surface area contributed by atoms with Crippen molar-refractivity contribution in [3.63, 3.8) is 0 Å². The van der Waals surface area contributed by atoms with Crippen LogP contribution in [0.1, 0.15) is 56.4 Å². The summed E-state index contributed by atoms with van der Waals surface area (Å²) in [5, 5.41) is 2.99. The maximum Gasteiger partial charge on any atom is 0.264 e. The van der Waals surface area contributed by atoms with Gasteiger partial charge in [-0.3, -0.25) is 13.9 Å². The molecule has 226 valence electrons. The zero-order valence-electron chi connectivity index (χ0n) is 25.9. The number of ether oxygens (including phenoxy) is 1. The van der Waals surface area contributed by atoms with E-state index in [-0.39, 0.29) is 23.0 Å². The van der Waals surface area contributed by atoms with Gasteiger partial charge in [0.1, 0.15) is 18.3 Å². The molecule has 8 nitrogen and oxygen atoms in total. The molecule has 0 aliphatic carbocycles. The van der Waals surface area contributed by atoms with Crippen LogP contribution in [0.25, 0.3) is 0 Å². The second-order valence-electron chi connectivity index (χ2n) is 11.6. The number of hydrogen-bond donors (Lipinski definition) is 1. The third-order valence-corrected chi connectivity index (χ3v) is 8.75. The highest BCUT2D eigenvalue weighted by Crippen LogP contribution is 2.34. The molecular weight excluding hydrogens is 550 g/mol. The molecule has 3 rings (SSSR count). The summed E-state index contributed by atoms with van der Waals surface area (Å²) in [5.74, 6) is -0.492. The van der Waals surface area contributed by atoms with Crippen molar-refractivity contribution < 1.29 is 22.7 Å². The van der Waals surface area contributed by atoms with Gasteiger partial charge in [0, 0.05) is 12.1 Å². The van der Waals surface area contributed by atoms with E-state index in [9.17, 15) is 18.0 Å². The summed E-state index contributed by atoms with van der Waals surface area (Å²) >= 11 is 0. The molecule has 0 heterocycles. The summed E-state index contributed by atoms with van der Waals surface area (Å²) in [7, 11) is -2.75. The van der Waals surface area contributed by atoms with E-state index in [0.29, 0.717) is 12.2 Å². The molecule has 0 saturated carbocycles. The van der Waals surface area contributed by atoms with Gasteiger partial charge in [0.2, 0.25) is 11.8 Å². The standard InChI is InChI=1S/C33H43N3O5S/c1-9-28(32(38)34-33(5,6)7)35(21-26-13-11-10-12-25(26)4)31(37)22-36(29-20-24(3)16-19-30(29)41-8)42(39,40)27-17-14-23(2)15-18-27/h10-20,28H,9,21-22H2,1-8H3,(H,34,38)/t28-/m0/s1. The molecule has 1 atom stereocenters. The third kappa shape index (κ3) is 7.91. The van der Waals surface area contributed by atoms with E-state index in [1.807, 2.05) is 78.8 Å². The van der Waals surface area contributed by atoms with E-state index in [0.717, 1.165) is 26.6 Å². The van der Waals surface area contributed by atoms with Crippen LogP contribution in [0.5, 0.6) is 5.75 Å². The number of rotatable bonds is 11. The largest absolute Gasteiger partial charge is 0.495 e. The number of carbonyl (C=O) groups is 2. The smallest absolute Gasteiger partial charge is 0.264 e. The van der Waals surface area contributed by atoms with E-state index >= 15 is 0 Å². The van der Waals surface area contributed by atoms with Crippen molar-refractivity contribution in [2.24, 2.45) is 0 Å². The van der Waals surface area contributed by atoms with Crippen molar-refractivity contribution in [3.05, 3.63) is 89.0 Å². The molecule has 3 aromatic rings. The van der Waals surface area contributed by atoms with Crippen LogP contribution in [0, 0.1) is 20.8 Å². The molecule has 42 heavy (non-hydrogen) atoms. The lowest BCUT2D eigenvalue weighted by molar-refractivity contribution is -0.141. The predicted molar refractivity (Wildman–Crippen MR) is 167 cm³/mol. The van der Waals surface area contributed by atoms with Crippen molar-refractivity contribution in [1.82, 2.24) is 10.2 Å². The number of sulfonamides is 1. The van der Waals surface area contributed by atoms with Gasteiger partial charge in [0.15, 0.2) is 0 Å². The minimum absolute atomic E-state index is 0.0485. The van der Waals surface area contributed by atoms with Crippen LogP contribution in [0.15, 0.2) is 71.6 Å². The highest BCUT2D eigenvalue weighted by molar-refractivity contribution is 7.92. The SMILES string of the molecule is CC[C@@H](C(=O)NC(C)(C)C)N(Cc1ccccc1C)C(=O)CN(c1cc(C)ccc1OC)S(=O)(=O)c1ccc(C)cc1. The molecule has 9 heteroatoms. The topological polar surface area (TPSA) is 96.0 Å². The zero-order chi connectivity index (χ0) is 31.2. The van der Waals surface area contributed by atoms with Crippen molar-refractivity contribution in [3.8, 4) is 5.75 Å². The van der Waals surface area contributed by atoms with Crippen molar-refractivity contribution in [2.75, 3.05) is 18.0 Å². The number of methoxy groups -OCH3 is 1. The van der Waals surface area contributed by atoms with Crippen LogP contribution >= 0.6 is 0 Å². The molecule has 0 saturated heterocycles. The Morgan fingerprint density at radius 2 is 1.55 bits per heavy atom. The lowest BCUT2D eigenvalue weighted by atomic mass is 10.0. The van der Waals surface area contributed by atoms with Gasteiger partial charge in [-0.15, -0.1) is 0 Å². The van der Waals surface area contributed by atoms with Gasteiger partial charge in [-0.1, -0.05) is 55.0 Å². The summed E-state index contributed by atoms with van der Waals surface area (Å²) in [4.78, 5) is 29.4. The summed E-state index contributed by atoms with van der Waals surface area (Å²) < 4.78 is 35.0. The first kappa shape index (κ1) is 32.7. The minimum atomic E-state index is -4.21. The molecular formula is C33H43N3O5S. The van der Waals surface area contributed by atoms with Crippen molar-refractivity contribution in [2.45, 2.75) is 77.9 Å². The van der Waals surface area contributed by atoms with Gasteiger partial charge in [-0.2, -0.15) is 0 Å². The molecule has 0 spiro atoms. The quantitative estimate of drug-likeness (QED) is 0.315. The second-order valence-corrected chi connectivity index (χ2v) is 13.5. The van der Waals surface area contributed by atoms with E-state index in [4.69, 9.17) is 4.74 Å². The molecule has 3 aromatic carbocycles. The van der Waals surface area contributed by atoms with E-state index in [1.54, 1.807) is 24.3 Å². The van der Waals surface area contributed by atoms with Crippen molar-refractivity contribution in [1.29, 1.82) is 0 Å². The summed E-state index contributed by atoms with van der Waals surface area (Å²) in [6, 6.07) is 18.5. The summed E-state index contributed by atoms with van der Waals surface area (Å²) in [6.07, 6.45) is 0.345. The lowest BCUT2D eigenvalue weighted by Gasteiger charge is -2.35. The van der Waals surface area contributed by atoms with Gasteiger partial charge in [0.25, 0.3) is 10.0 Å². The first-order valence-corrected chi connectivity index (χ1v) is 15.5.